The highest BCUT2D eigenvalue weighted by atomic mass is 32.2. The molecule has 6 nitrogen and oxygen atoms in total. The van der Waals surface area contributed by atoms with E-state index < -0.39 is 10.8 Å². The van der Waals surface area contributed by atoms with Crippen LogP contribution in [0.1, 0.15) is 12.0 Å². The van der Waals surface area contributed by atoms with Crippen molar-refractivity contribution in [1.29, 1.82) is 0 Å². The van der Waals surface area contributed by atoms with Gasteiger partial charge in [0.25, 0.3) is 0 Å². The number of pyridine rings is 1. The third kappa shape index (κ3) is 3.57. The molecule has 0 amide bonds. The molecule has 7 heteroatoms. The monoisotopic (exact) mass is 359 g/mol. The van der Waals surface area contributed by atoms with Gasteiger partial charge in [0.15, 0.2) is 0 Å². The molecule has 25 heavy (non-hydrogen) atoms. The Labute approximate surface area is 149 Å². The van der Waals surface area contributed by atoms with Crippen LogP contribution in [0.15, 0.2) is 41.7 Å². The van der Waals surface area contributed by atoms with Crippen molar-refractivity contribution in [2.45, 2.75) is 18.5 Å². The van der Waals surface area contributed by atoms with Crippen molar-refractivity contribution in [1.82, 2.24) is 14.5 Å². The molecule has 2 aromatic heterocycles. The fourth-order valence-electron chi connectivity index (χ4n) is 2.68. The summed E-state index contributed by atoms with van der Waals surface area (Å²) in [7, 11) is 0.431. The van der Waals surface area contributed by atoms with E-state index in [1.54, 1.807) is 19.6 Å². The quantitative estimate of drug-likeness (QED) is 0.607. The molecule has 0 aliphatic carbocycles. The second-order valence-electron chi connectivity index (χ2n) is 5.63. The van der Waals surface area contributed by atoms with E-state index in [4.69, 9.17) is 9.47 Å². The lowest BCUT2D eigenvalue weighted by Crippen LogP contribution is -2.08. The highest BCUT2D eigenvalue weighted by Crippen LogP contribution is 2.28. The maximum Gasteiger partial charge on any atom is 0.205 e. The van der Waals surface area contributed by atoms with E-state index in [9.17, 15) is 4.21 Å². The largest absolute Gasteiger partial charge is 0.493 e. The van der Waals surface area contributed by atoms with Crippen LogP contribution in [0.25, 0.3) is 16.9 Å². The minimum absolute atomic E-state index is 0.480. The van der Waals surface area contributed by atoms with Gasteiger partial charge in [-0.05, 0) is 25.1 Å². The number of hydrogen-bond donors (Lipinski definition) is 0. The number of ether oxygens (including phenoxy) is 2. The molecule has 0 saturated heterocycles. The van der Waals surface area contributed by atoms with Gasteiger partial charge in [-0.3, -0.25) is 8.78 Å². The molecule has 0 bridgehead atoms. The van der Waals surface area contributed by atoms with Crippen LogP contribution < -0.4 is 4.74 Å². The van der Waals surface area contributed by atoms with Crippen LogP contribution in [0, 0.1) is 6.92 Å². The van der Waals surface area contributed by atoms with Gasteiger partial charge in [-0.25, -0.2) is 9.97 Å². The predicted octanol–water partition coefficient (Wildman–Crippen LogP) is 2.88. The highest BCUT2D eigenvalue weighted by Gasteiger charge is 2.18. The first-order chi connectivity index (χ1) is 12.1. The fraction of sp³-hybridized carbons (Fsp3) is 0.333. The van der Waals surface area contributed by atoms with E-state index in [-0.39, 0.29) is 0 Å². The van der Waals surface area contributed by atoms with Gasteiger partial charge < -0.3 is 9.47 Å². The second-order valence-corrected chi connectivity index (χ2v) is 6.90. The number of fused-ring (bicyclic) bond motifs is 1. The van der Waals surface area contributed by atoms with Gasteiger partial charge in [-0.15, -0.1) is 0 Å². The molecule has 1 unspecified atom stereocenters. The third-order valence-corrected chi connectivity index (χ3v) is 4.67. The number of nitrogens with zero attached hydrogens (tertiary/aromatic N) is 3. The van der Waals surface area contributed by atoms with Crippen LogP contribution in [0.2, 0.25) is 0 Å². The predicted molar refractivity (Wildman–Crippen MR) is 97.9 cm³/mol. The van der Waals surface area contributed by atoms with Crippen molar-refractivity contribution >= 4 is 21.8 Å². The fourth-order valence-corrected chi connectivity index (χ4v) is 3.35. The smallest absolute Gasteiger partial charge is 0.205 e. The maximum atomic E-state index is 12.2. The normalized spacial score (nSPS) is 12.4. The Bertz CT molecular complexity index is 908. The summed E-state index contributed by atoms with van der Waals surface area (Å²) in [5, 5.41) is 0.480. The first-order valence-electron chi connectivity index (χ1n) is 8.02. The number of rotatable bonds is 7. The number of imidazole rings is 1. The summed E-state index contributed by atoms with van der Waals surface area (Å²) in [4.78, 5) is 9.01. The summed E-state index contributed by atoms with van der Waals surface area (Å²) < 4.78 is 25.0. The number of benzene rings is 1. The number of para-hydroxylation sites is 2. The Hall–Kier alpha value is -2.25. The second kappa shape index (κ2) is 7.76. The molecule has 3 rings (SSSR count). The van der Waals surface area contributed by atoms with Crippen molar-refractivity contribution in [2.24, 2.45) is 0 Å². The maximum absolute atomic E-state index is 12.2. The Morgan fingerprint density at radius 1 is 1.20 bits per heavy atom. The van der Waals surface area contributed by atoms with Crippen molar-refractivity contribution < 1.29 is 13.7 Å². The van der Waals surface area contributed by atoms with Crippen LogP contribution in [-0.4, -0.2) is 45.3 Å². The van der Waals surface area contributed by atoms with Gasteiger partial charge in [-0.2, -0.15) is 0 Å². The minimum atomic E-state index is -1.24. The molecule has 0 radical (unpaired) electrons. The highest BCUT2D eigenvalue weighted by molar-refractivity contribution is 7.84. The molecule has 2 heterocycles. The molecule has 0 aliphatic heterocycles. The van der Waals surface area contributed by atoms with Crippen molar-refractivity contribution in [3.63, 3.8) is 0 Å². The Morgan fingerprint density at radius 2 is 2.00 bits per heavy atom. The topological polar surface area (TPSA) is 66.2 Å². The molecule has 0 N–H and O–H groups in total. The van der Waals surface area contributed by atoms with E-state index >= 15 is 0 Å². The van der Waals surface area contributed by atoms with E-state index in [0.717, 1.165) is 28.8 Å². The van der Waals surface area contributed by atoms with Crippen molar-refractivity contribution in [3.8, 4) is 11.6 Å². The van der Waals surface area contributed by atoms with E-state index in [1.165, 1.54) is 0 Å². The lowest BCUT2D eigenvalue weighted by Gasteiger charge is -2.14. The Kier molecular flexibility index (Phi) is 5.45. The zero-order chi connectivity index (χ0) is 17.8. The van der Waals surface area contributed by atoms with Gasteiger partial charge in [0, 0.05) is 38.2 Å². The summed E-state index contributed by atoms with van der Waals surface area (Å²) in [5.74, 6) is 1.44. The lowest BCUT2D eigenvalue weighted by molar-refractivity contribution is 0.172. The van der Waals surface area contributed by atoms with Gasteiger partial charge in [0.05, 0.1) is 28.4 Å². The zero-order valence-electron chi connectivity index (χ0n) is 14.6. The zero-order valence-corrected chi connectivity index (χ0v) is 15.4. The summed E-state index contributed by atoms with van der Waals surface area (Å²) in [6.45, 7) is 3.17. The van der Waals surface area contributed by atoms with Crippen LogP contribution >= 0.6 is 0 Å². The van der Waals surface area contributed by atoms with E-state index in [1.807, 2.05) is 41.8 Å². The molecule has 0 fully saturated rings. The van der Waals surface area contributed by atoms with Gasteiger partial charge in [0.1, 0.15) is 11.6 Å². The summed E-state index contributed by atoms with van der Waals surface area (Å²) in [6, 6.07) is 9.54. The number of hydrogen-bond acceptors (Lipinski definition) is 5. The average Bonchev–Trinajstić information content (AvgIpc) is 3.00. The molecule has 0 saturated carbocycles. The van der Waals surface area contributed by atoms with Crippen LogP contribution in [-0.2, 0) is 15.5 Å². The van der Waals surface area contributed by atoms with Crippen LogP contribution in [0.3, 0.4) is 0 Å². The molecule has 0 aliphatic rings. The van der Waals surface area contributed by atoms with Crippen LogP contribution in [0.4, 0.5) is 0 Å². The molecule has 132 valence electrons. The average molecular weight is 359 g/mol. The first-order valence-corrected chi connectivity index (χ1v) is 9.58. The standard InChI is InChI=1S/C18H21N3O3S/c1-13-16(24-12-6-11-23-2)9-10-19-17(13)21-15-8-5-4-7-14(15)20-18(21)25(3)22/h4-5,7-10H,6,11-12H2,1-3H3. The molecule has 1 aromatic carbocycles. The van der Waals surface area contributed by atoms with E-state index in [0.29, 0.717) is 24.2 Å². The first kappa shape index (κ1) is 17.6. The van der Waals surface area contributed by atoms with Crippen molar-refractivity contribution in [2.75, 3.05) is 26.6 Å². The SMILES string of the molecule is COCCCOc1ccnc(-n2c(S(C)=O)nc3ccccc32)c1C. The summed E-state index contributed by atoms with van der Waals surface area (Å²) >= 11 is 0. The molecular weight excluding hydrogens is 338 g/mol. The third-order valence-electron chi connectivity index (χ3n) is 3.88. The van der Waals surface area contributed by atoms with Gasteiger partial charge in [-0.1, -0.05) is 12.1 Å². The van der Waals surface area contributed by atoms with Gasteiger partial charge in [0.2, 0.25) is 5.16 Å². The van der Waals surface area contributed by atoms with Crippen molar-refractivity contribution in [3.05, 3.63) is 42.1 Å². The van der Waals surface area contributed by atoms with Gasteiger partial charge >= 0.3 is 0 Å². The van der Waals surface area contributed by atoms with Crippen LogP contribution in [0.5, 0.6) is 5.75 Å². The summed E-state index contributed by atoms with van der Waals surface area (Å²) in [5.41, 5.74) is 2.55. The Balaban J connectivity index is 2.06. The molecule has 1 atom stereocenters. The number of methoxy groups -OCH3 is 1. The lowest BCUT2D eigenvalue weighted by atomic mass is 10.2. The summed E-state index contributed by atoms with van der Waals surface area (Å²) in [6.07, 6.45) is 4.13. The molecular formula is C18H21N3O3S. The molecule has 3 aromatic rings. The molecule has 0 spiro atoms. The minimum Gasteiger partial charge on any atom is -0.493 e. The number of aromatic nitrogens is 3. The van der Waals surface area contributed by atoms with E-state index in [2.05, 4.69) is 9.97 Å². The Morgan fingerprint density at radius 3 is 2.76 bits per heavy atom.